The Kier molecular flexibility index (Phi) is 6.35. The number of nitrogens with zero attached hydrogens (tertiary/aromatic N) is 1. The van der Waals surface area contributed by atoms with Gasteiger partial charge in [0.05, 0.1) is 15.6 Å². The highest BCUT2D eigenvalue weighted by molar-refractivity contribution is 7.92. The zero-order chi connectivity index (χ0) is 23.6. The summed E-state index contributed by atoms with van der Waals surface area (Å²) in [6.45, 7) is 0.607. The number of anilines is 3. The van der Waals surface area contributed by atoms with Crippen LogP contribution in [-0.4, -0.2) is 26.8 Å². The molecular formula is C23H19ClFN3O4S. The molecule has 0 saturated carbocycles. The fourth-order valence-electron chi connectivity index (χ4n) is 3.43. The van der Waals surface area contributed by atoms with E-state index in [2.05, 4.69) is 10.0 Å². The standard InChI is InChI=1S/C23H19ClFN3O4S/c24-20-14-18(9-12-21(20)28-13-1-2-22(28)29)26-23(30)15-3-10-19(11-4-15)33(31,32)27-17-7-5-16(25)6-8-17/h3-12,14,27H,1-2,13H2,(H,26,30). The Morgan fingerprint density at radius 2 is 1.64 bits per heavy atom. The fraction of sp³-hybridized carbons (Fsp3) is 0.130. The normalized spacial score (nSPS) is 13.8. The first-order chi connectivity index (χ1) is 15.7. The maximum atomic E-state index is 13.0. The van der Waals surface area contributed by atoms with E-state index in [0.29, 0.717) is 29.4 Å². The average Bonchev–Trinajstić information content (AvgIpc) is 3.21. The molecule has 0 atom stereocenters. The highest BCUT2D eigenvalue weighted by Crippen LogP contribution is 2.32. The molecular weight excluding hydrogens is 469 g/mol. The molecule has 2 amide bonds. The molecule has 7 nitrogen and oxygen atoms in total. The molecule has 1 saturated heterocycles. The third-order valence-corrected chi connectivity index (χ3v) is 6.79. The summed E-state index contributed by atoms with van der Waals surface area (Å²) in [7, 11) is -3.90. The lowest BCUT2D eigenvalue weighted by molar-refractivity contribution is -0.117. The van der Waals surface area contributed by atoms with Gasteiger partial charge in [-0.25, -0.2) is 12.8 Å². The van der Waals surface area contributed by atoms with Gasteiger partial charge in [0.25, 0.3) is 15.9 Å². The van der Waals surface area contributed by atoms with Crippen LogP contribution in [0.4, 0.5) is 21.5 Å². The van der Waals surface area contributed by atoms with Crippen molar-refractivity contribution in [1.82, 2.24) is 0 Å². The van der Waals surface area contributed by atoms with Crippen molar-refractivity contribution in [3.05, 3.63) is 83.1 Å². The van der Waals surface area contributed by atoms with E-state index in [4.69, 9.17) is 11.6 Å². The number of sulfonamides is 1. The minimum atomic E-state index is -3.90. The van der Waals surface area contributed by atoms with Crippen molar-refractivity contribution in [3.63, 3.8) is 0 Å². The third kappa shape index (κ3) is 5.15. The largest absolute Gasteiger partial charge is 0.322 e. The van der Waals surface area contributed by atoms with Gasteiger partial charge in [-0.2, -0.15) is 0 Å². The molecule has 0 aliphatic carbocycles. The van der Waals surface area contributed by atoms with Gasteiger partial charge >= 0.3 is 0 Å². The van der Waals surface area contributed by atoms with Crippen LogP contribution < -0.4 is 14.9 Å². The first-order valence-electron chi connectivity index (χ1n) is 10.0. The van der Waals surface area contributed by atoms with Crippen molar-refractivity contribution in [2.45, 2.75) is 17.7 Å². The first-order valence-corrected chi connectivity index (χ1v) is 11.9. The smallest absolute Gasteiger partial charge is 0.261 e. The van der Waals surface area contributed by atoms with Crippen molar-refractivity contribution < 1.29 is 22.4 Å². The van der Waals surface area contributed by atoms with E-state index in [0.717, 1.165) is 18.6 Å². The van der Waals surface area contributed by atoms with E-state index in [1.807, 2.05) is 0 Å². The van der Waals surface area contributed by atoms with E-state index in [1.54, 1.807) is 23.1 Å². The zero-order valence-corrected chi connectivity index (χ0v) is 18.8. The van der Waals surface area contributed by atoms with Crippen LogP contribution >= 0.6 is 11.6 Å². The Morgan fingerprint density at radius 1 is 0.970 bits per heavy atom. The number of carbonyl (C=O) groups is 2. The number of nitrogens with one attached hydrogen (secondary N) is 2. The fourth-order valence-corrected chi connectivity index (χ4v) is 4.77. The Hall–Kier alpha value is -3.43. The predicted octanol–water partition coefficient (Wildman–Crippen LogP) is 4.66. The van der Waals surface area contributed by atoms with Gasteiger partial charge in [0.1, 0.15) is 5.82 Å². The Bertz CT molecular complexity index is 1310. The van der Waals surface area contributed by atoms with Crippen LogP contribution in [0.1, 0.15) is 23.2 Å². The number of hydrogen-bond acceptors (Lipinski definition) is 4. The summed E-state index contributed by atoms with van der Waals surface area (Å²) in [5.74, 6) is -0.919. The predicted molar refractivity (Wildman–Crippen MR) is 125 cm³/mol. The molecule has 0 aromatic heterocycles. The molecule has 170 valence electrons. The molecule has 0 radical (unpaired) electrons. The quantitative estimate of drug-likeness (QED) is 0.528. The van der Waals surface area contributed by atoms with E-state index in [9.17, 15) is 22.4 Å². The van der Waals surface area contributed by atoms with E-state index < -0.39 is 21.7 Å². The molecule has 0 spiro atoms. The van der Waals surface area contributed by atoms with Crippen LogP contribution in [0.25, 0.3) is 0 Å². The van der Waals surface area contributed by atoms with Crippen LogP contribution in [0.15, 0.2) is 71.6 Å². The van der Waals surface area contributed by atoms with Crippen molar-refractivity contribution >= 4 is 50.5 Å². The number of amides is 2. The van der Waals surface area contributed by atoms with Gasteiger partial charge in [-0.05, 0) is 73.2 Å². The average molecular weight is 488 g/mol. The first kappa shape index (κ1) is 22.8. The van der Waals surface area contributed by atoms with E-state index >= 15 is 0 Å². The topological polar surface area (TPSA) is 95.6 Å². The highest BCUT2D eigenvalue weighted by Gasteiger charge is 2.23. The Balaban J connectivity index is 1.44. The van der Waals surface area contributed by atoms with Crippen LogP contribution in [-0.2, 0) is 14.8 Å². The van der Waals surface area contributed by atoms with Crippen LogP contribution in [0.2, 0.25) is 5.02 Å². The maximum Gasteiger partial charge on any atom is 0.261 e. The molecule has 33 heavy (non-hydrogen) atoms. The van der Waals surface area contributed by atoms with Gasteiger partial charge in [0, 0.05) is 29.9 Å². The van der Waals surface area contributed by atoms with Crippen LogP contribution in [0.5, 0.6) is 0 Å². The number of carbonyl (C=O) groups excluding carboxylic acids is 2. The van der Waals surface area contributed by atoms with E-state index in [1.165, 1.54) is 36.4 Å². The summed E-state index contributed by atoms with van der Waals surface area (Å²) in [5, 5.41) is 3.05. The number of rotatable bonds is 6. The minimum Gasteiger partial charge on any atom is -0.322 e. The molecule has 0 bridgehead atoms. The Morgan fingerprint density at radius 3 is 2.24 bits per heavy atom. The molecule has 4 rings (SSSR count). The van der Waals surface area contributed by atoms with Crippen LogP contribution in [0, 0.1) is 5.82 Å². The second kappa shape index (κ2) is 9.21. The summed E-state index contributed by atoms with van der Waals surface area (Å²) in [6, 6.07) is 15.2. The zero-order valence-electron chi connectivity index (χ0n) is 17.2. The number of benzene rings is 3. The number of halogens is 2. The molecule has 0 unspecified atom stereocenters. The lowest BCUT2D eigenvalue weighted by atomic mass is 10.2. The van der Waals surface area contributed by atoms with Gasteiger partial charge in [-0.1, -0.05) is 11.6 Å². The molecule has 3 aromatic carbocycles. The maximum absolute atomic E-state index is 13.0. The summed E-state index contributed by atoms with van der Waals surface area (Å²) in [6.07, 6.45) is 1.26. The van der Waals surface area contributed by atoms with Gasteiger partial charge < -0.3 is 10.2 Å². The van der Waals surface area contributed by atoms with E-state index in [-0.39, 0.29) is 22.1 Å². The van der Waals surface area contributed by atoms with Crippen LogP contribution in [0.3, 0.4) is 0 Å². The summed E-state index contributed by atoms with van der Waals surface area (Å²) < 4.78 is 40.4. The van der Waals surface area contributed by atoms with Gasteiger partial charge in [-0.15, -0.1) is 0 Å². The van der Waals surface area contributed by atoms with Crippen molar-refractivity contribution in [2.75, 3.05) is 21.5 Å². The Labute approximate surface area is 195 Å². The molecule has 1 aliphatic rings. The molecule has 1 heterocycles. The lowest BCUT2D eigenvalue weighted by Crippen LogP contribution is -2.24. The van der Waals surface area contributed by atoms with Crippen molar-refractivity contribution in [3.8, 4) is 0 Å². The van der Waals surface area contributed by atoms with Gasteiger partial charge in [-0.3, -0.25) is 14.3 Å². The molecule has 3 aromatic rings. The molecule has 10 heteroatoms. The summed E-state index contributed by atoms with van der Waals surface area (Å²) >= 11 is 6.31. The molecule has 2 N–H and O–H groups in total. The van der Waals surface area contributed by atoms with Gasteiger partial charge in [0.15, 0.2) is 0 Å². The third-order valence-electron chi connectivity index (χ3n) is 5.09. The monoisotopic (exact) mass is 487 g/mol. The lowest BCUT2D eigenvalue weighted by Gasteiger charge is -2.18. The highest BCUT2D eigenvalue weighted by atomic mass is 35.5. The minimum absolute atomic E-state index is 0.0117. The second-order valence-electron chi connectivity index (χ2n) is 7.41. The summed E-state index contributed by atoms with van der Waals surface area (Å²) in [5.41, 5.74) is 1.50. The molecule has 1 aliphatic heterocycles. The van der Waals surface area contributed by atoms with Crippen molar-refractivity contribution in [2.24, 2.45) is 0 Å². The second-order valence-corrected chi connectivity index (χ2v) is 9.50. The summed E-state index contributed by atoms with van der Waals surface area (Å²) in [4.78, 5) is 26.1. The molecule has 1 fully saturated rings. The SMILES string of the molecule is O=C(Nc1ccc(N2CCCC2=O)c(Cl)c1)c1ccc(S(=O)(=O)Nc2ccc(F)cc2)cc1. The van der Waals surface area contributed by atoms with Gasteiger partial charge in [0.2, 0.25) is 5.91 Å². The van der Waals surface area contributed by atoms with Crippen molar-refractivity contribution in [1.29, 1.82) is 0 Å². The number of hydrogen-bond donors (Lipinski definition) is 2.